The summed E-state index contributed by atoms with van der Waals surface area (Å²) in [6.07, 6.45) is 1.19. The molecule has 1 aromatic heterocycles. The lowest BCUT2D eigenvalue weighted by molar-refractivity contribution is 0.0716. The maximum absolute atomic E-state index is 13.4. The second kappa shape index (κ2) is 5.62. The number of β-amino-alcohol motifs (C(OH)–C–C–N with tert-alkyl or cyclic N) is 1. The van der Waals surface area contributed by atoms with Gasteiger partial charge in [-0.1, -0.05) is 12.1 Å². The van der Waals surface area contributed by atoms with E-state index in [-0.39, 0.29) is 24.3 Å². The number of rotatable bonds is 2. The van der Waals surface area contributed by atoms with Crippen LogP contribution < -0.4 is 0 Å². The number of benzene rings is 1. The zero-order valence-corrected chi connectivity index (χ0v) is 11.7. The number of halogens is 1. The van der Waals surface area contributed by atoms with Crippen LogP contribution in [-0.4, -0.2) is 33.5 Å². The highest BCUT2D eigenvalue weighted by atomic mass is 19.1. The van der Waals surface area contributed by atoms with Crippen molar-refractivity contribution in [3.8, 4) is 6.07 Å². The summed E-state index contributed by atoms with van der Waals surface area (Å²) in [5, 5.41) is 18.7. The molecule has 0 spiro atoms. The second-order valence-electron chi connectivity index (χ2n) is 5.33. The highest BCUT2D eigenvalue weighted by molar-refractivity contribution is 5.95. The third-order valence-electron chi connectivity index (χ3n) is 3.82. The summed E-state index contributed by atoms with van der Waals surface area (Å²) in [6, 6.07) is 9.06. The number of hydrogen-bond donors (Lipinski definition) is 2. The Kier molecular flexibility index (Phi) is 3.65. The van der Waals surface area contributed by atoms with Crippen LogP contribution in [0, 0.1) is 17.1 Å². The first-order chi connectivity index (χ1) is 10.6. The Labute approximate surface area is 126 Å². The third kappa shape index (κ3) is 2.59. The standard InChI is InChI=1S/C16H14FN3O2/c17-12-3-1-2-10(4-12)15-6-14(21)9-20(15)16(22)11-5-13(7-18)19-8-11/h1-5,8,14-15,19,21H,6,9H2. The lowest BCUT2D eigenvalue weighted by Gasteiger charge is -2.24. The van der Waals surface area contributed by atoms with Gasteiger partial charge in [0.2, 0.25) is 0 Å². The fraction of sp³-hybridized carbons (Fsp3) is 0.250. The van der Waals surface area contributed by atoms with Crippen LogP contribution in [0.1, 0.15) is 34.1 Å². The topological polar surface area (TPSA) is 80.1 Å². The molecule has 6 heteroatoms. The maximum Gasteiger partial charge on any atom is 0.256 e. The summed E-state index contributed by atoms with van der Waals surface area (Å²) in [5.41, 5.74) is 1.30. The van der Waals surface area contributed by atoms with Crippen molar-refractivity contribution < 1.29 is 14.3 Å². The molecule has 0 aliphatic carbocycles. The maximum atomic E-state index is 13.4. The highest BCUT2D eigenvalue weighted by Gasteiger charge is 2.36. The molecule has 2 unspecified atom stereocenters. The van der Waals surface area contributed by atoms with E-state index >= 15 is 0 Å². The Morgan fingerprint density at radius 3 is 2.95 bits per heavy atom. The Hall–Kier alpha value is -2.65. The number of likely N-dealkylation sites (tertiary alicyclic amines) is 1. The second-order valence-corrected chi connectivity index (χ2v) is 5.33. The van der Waals surface area contributed by atoms with Gasteiger partial charge in [0.15, 0.2) is 0 Å². The number of H-pyrrole nitrogens is 1. The van der Waals surface area contributed by atoms with Crippen LogP contribution in [0.5, 0.6) is 0 Å². The van der Waals surface area contributed by atoms with Crippen LogP contribution in [0.15, 0.2) is 36.5 Å². The minimum atomic E-state index is -0.647. The van der Waals surface area contributed by atoms with E-state index in [1.165, 1.54) is 29.3 Å². The fourth-order valence-corrected chi connectivity index (χ4v) is 2.82. The molecule has 0 radical (unpaired) electrons. The van der Waals surface area contributed by atoms with Crippen LogP contribution in [0.25, 0.3) is 0 Å². The van der Waals surface area contributed by atoms with Crippen LogP contribution in [0.4, 0.5) is 4.39 Å². The van der Waals surface area contributed by atoms with Gasteiger partial charge in [0, 0.05) is 12.7 Å². The van der Waals surface area contributed by atoms with Gasteiger partial charge in [-0.3, -0.25) is 4.79 Å². The van der Waals surface area contributed by atoms with Gasteiger partial charge in [-0.25, -0.2) is 4.39 Å². The molecular formula is C16H14FN3O2. The summed E-state index contributed by atoms with van der Waals surface area (Å²) in [6.45, 7) is 0.188. The third-order valence-corrected chi connectivity index (χ3v) is 3.82. The predicted octanol–water partition coefficient (Wildman–Crippen LogP) is 1.97. The van der Waals surface area contributed by atoms with E-state index < -0.39 is 6.10 Å². The molecule has 0 saturated carbocycles. The highest BCUT2D eigenvalue weighted by Crippen LogP contribution is 2.33. The van der Waals surface area contributed by atoms with E-state index in [1.54, 1.807) is 12.1 Å². The first-order valence-corrected chi connectivity index (χ1v) is 6.91. The number of amides is 1. The average molecular weight is 299 g/mol. The van der Waals surface area contributed by atoms with Gasteiger partial charge in [0.25, 0.3) is 5.91 Å². The molecular weight excluding hydrogens is 285 g/mol. The number of aliphatic hydroxyl groups is 1. The number of aromatic nitrogens is 1. The molecule has 3 rings (SSSR count). The molecule has 112 valence electrons. The Morgan fingerprint density at radius 2 is 2.27 bits per heavy atom. The van der Waals surface area contributed by atoms with Crippen molar-refractivity contribution in [1.29, 1.82) is 5.26 Å². The molecule has 1 amide bonds. The van der Waals surface area contributed by atoms with Crippen LogP contribution in [-0.2, 0) is 0 Å². The smallest absolute Gasteiger partial charge is 0.256 e. The number of hydrogen-bond acceptors (Lipinski definition) is 3. The molecule has 0 bridgehead atoms. The Bertz CT molecular complexity index is 750. The lowest BCUT2D eigenvalue weighted by Crippen LogP contribution is -2.31. The first kappa shape index (κ1) is 14.3. The van der Waals surface area contributed by atoms with Crippen molar-refractivity contribution in [3.05, 3.63) is 59.2 Å². The Balaban J connectivity index is 1.90. The number of carbonyl (C=O) groups excluding carboxylic acids is 1. The number of nitrogens with zero attached hydrogens (tertiary/aromatic N) is 2. The zero-order chi connectivity index (χ0) is 15.7. The van der Waals surface area contributed by atoms with E-state index in [9.17, 15) is 14.3 Å². The van der Waals surface area contributed by atoms with Gasteiger partial charge >= 0.3 is 0 Å². The summed E-state index contributed by atoms with van der Waals surface area (Å²) in [5.74, 6) is -0.664. The molecule has 5 nitrogen and oxygen atoms in total. The van der Waals surface area contributed by atoms with E-state index in [0.29, 0.717) is 23.2 Å². The predicted molar refractivity (Wildman–Crippen MR) is 76.3 cm³/mol. The summed E-state index contributed by atoms with van der Waals surface area (Å²) >= 11 is 0. The monoisotopic (exact) mass is 299 g/mol. The molecule has 1 aliphatic rings. The molecule has 2 aromatic rings. The molecule has 1 saturated heterocycles. The van der Waals surface area contributed by atoms with Gasteiger partial charge in [-0.05, 0) is 30.2 Å². The quantitative estimate of drug-likeness (QED) is 0.889. The summed E-state index contributed by atoms with van der Waals surface area (Å²) in [4.78, 5) is 16.8. The van der Waals surface area contributed by atoms with Gasteiger partial charge in [-0.15, -0.1) is 0 Å². The first-order valence-electron chi connectivity index (χ1n) is 6.91. The largest absolute Gasteiger partial charge is 0.391 e. The molecule has 2 heterocycles. The SMILES string of the molecule is N#Cc1cc(C(=O)N2CC(O)CC2c2cccc(F)c2)c[nH]1. The van der Waals surface area contributed by atoms with Crippen molar-refractivity contribution in [1.82, 2.24) is 9.88 Å². The summed E-state index contributed by atoms with van der Waals surface area (Å²) < 4.78 is 13.4. The van der Waals surface area contributed by atoms with Crippen LogP contribution in [0.2, 0.25) is 0 Å². The number of nitrogens with one attached hydrogen (secondary N) is 1. The number of carbonyl (C=O) groups is 1. The van der Waals surface area contributed by atoms with Crippen molar-refractivity contribution >= 4 is 5.91 Å². The van der Waals surface area contributed by atoms with Gasteiger partial charge in [0.1, 0.15) is 17.6 Å². The van der Waals surface area contributed by atoms with Crippen molar-refractivity contribution in [2.24, 2.45) is 0 Å². The molecule has 1 aliphatic heterocycles. The van der Waals surface area contributed by atoms with Gasteiger partial charge in [-0.2, -0.15) is 5.26 Å². The van der Waals surface area contributed by atoms with Crippen LogP contribution in [0.3, 0.4) is 0 Å². The molecule has 1 fully saturated rings. The van der Waals surface area contributed by atoms with Crippen molar-refractivity contribution in [3.63, 3.8) is 0 Å². The van der Waals surface area contributed by atoms with E-state index in [4.69, 9.17) is 5.26 Å². The number of aliphatic hydroxyl groups excluding tert-OH is 1. The number of nitriles is 1. The fourth-order valence-electron chi connectivity index (χ4n) is 2.82. The van der Waals surface area contributed by atoms with Crippen molar-refractivity contribution in [2.75, 3.05) is 6.54 Å². The zero-order valence-electron chi connectivity index (χ0n) is 11.7. The van der Waals surface area contributed by atoms with Crippen LogP contribution >= 0.6 is 0 Å². The van der Waals surface area contributed by atoms with E-state index in [1.807, 2.05) is 6.07 Å². The number of aromatic amines is 1. The molecule has 2 atom stereocenters. The van der Waals surface area contributed by atoms with E-state index in [0.717, 1.165) is 0 Å². The lowest BCUT2D eigenvalue weighted by atomic mass is 10.0. The van der Waals surface area contributed by atoms with Gasteiger partial charge < -0.3 is 15.0 Å². The minimum Gasteiger partial charge on any atom is -0.391 e. The van der Waals surface area contributed by atoms with E-state index in [2.05, 4.69) is 4.98 Å². The molecule has 22 heavy (non-hydrogen) atoms. The average Bonchev–Trinajstić information content (AvgIpc) is 3.13. The van der Waals surface area contributed by atoms with Crippen molar-refractivity contribution in [2.45, 2.75) is 18.6 Å². The summed E-state index contributed by atoms with van der Waals surface area (Å²) in [7, 11) is 0. The van der Waals surface area contributed by atoms with Gasteiger partial charge in [0.05, 0.1) is 17.7 Å². The minimum absolute atomic E-state index is 0.188. The molecule has 1 aromatic carbocycles. The molecule has 2 N–H and O–H groups in total. The Morgan fingerprint density at radius 1 is 1.45 bits per heavy atom. The normalized spacial score (nSPS) is 20.9.